The van der Waals surface area contributed by atoms with Crippen LogP contribution >= 0.6 is 0 Å². The van der Waals surface area contributed by atoms with Crippen LogP contribution in [0, 0.1) is 6.92 Å². The zero-order valence-electron chi connectivity index (χ0n) is 15.5. The summed E-state index contributed by atoms with van der Waals surface area (Å²) in [7, 11) is 0. The van der Waals surface area contributed by atoms with Crippen molar-refractivity contribution in [1.29, 1.82) is 0 Å². The molecule has 140 valence electrons. The van der Waals surface area contributed by atoms with Gasteiger partial charge in [0.25, 0.3) is 0 Å². The first-order chi connectivity index (χ1) is 12.7. The van der Waals surface area contributed by atoms with E-state index >= 15 is 0 Å². The number of hydrogen-bond acceptors (Lipinski definition) is 4. The van der Waals surface area contributed by atoms with Crippen molar-refractivity contribution in [3.05, 3.63) is 29.5 Å². The maximum atomic E-state index is 12.5. The van der Waals surface area contributed by atoms with Crippen molar-refractivity contribution >= 4 is 17.0 Å². The summed E-state index contributed by atoms with van der Waals surface area (Å²) < 4.78 is 5.34. The number of benzene rings is 1. The number of fused-ring (bicyclic) bond motifs is 1. The van der Waals surface area contributed by atoms with Crippen LogP contribution in [0.4, 0.5) is 4.79 Å². The Morgan fingerprint density at radius 1 is 1.19 bits per heavy atom. The molecule has 1 N–H and O–H groups in total. The van der Waals surface area contributed by atoms with Gasteiger partial charge in [-0.1, -0.05) is 36.0 Å². The highest BCUT2D eigenvalue weighted by molar-refractivity contribution is 5.81. The summed E-state index contributed by atoms with van der Waals surface area (Å²) in [5, 5.41) is 8.10. The molecule has 1 saturated heterocycles. The molecule has 0 atom stereocenters. The largest absolute Gasteiger partial charge is 0.356 e. The molecular formula is C20H28N4O2. The Kier molecular flexibility index (Phi) is 5.11. The van der Waals surface area contributed by atoms with E-state index in [0.717, 1.165) is 54.4 Å². The monoisotopic (exact) mass is 356 g/mol. The molecular weight excluding hydrogens is 328 g/mol. The fourth-order valence-corrected chi connectivity index (χ4v) is 4.24. The van der Waals surface area contributed by atoms with Crippen molar-refractivity contribution in [2.45, 2.75) is 51.6 Å². The molecule has 2 amide bonds. The number of nitrogens with one attached hydrogen (secondary N) is 1. The Labute approximate surface area is 154 Å². The molecule has 1 aromatic carbocycles. The maximum absolute atomic E-state index is 12.5. The van der Waals surface area contributed by atoms with Gasteiger partial charge in [-0.15, -0.1) is 0 Å². The van der Waals surface area contributed by atoms with Crippen molar-refractivity contribution in [2.75, 3.05) is 26.2 Å². The summed E-state index contributed by atoms with van der Waals surface area (Å²) in [6.45, 7) is 6.04. The minimum absolute atomic E-state index is 0.00269. The fraction of sp³-hybridized carbons (Fsp3) is 0.600. The Bertz CT molecular complexity index is 758. The van der Waals surface area contributed by atoms with Gasteiger partial charge in [-0.05, 0) is 31.9 Å². The second-order valence-electron chi connectivity index (χ2n) is 7.60. The van der Waals surface area contributed by atoms with E-state index in [0.29, 0.717) is 6.54 Å². The smallest absolute Gasteiger partial charge is 0.317 e. The lowest BCUT2D eigenvalue weighted by atomic mass is 9.94. The third-order valence-electron chi connectivity index (χ3n) is 5.80. The van der Waals surface area contributed by atoms with Crippen LogP contribution in [0.3, 0.4) is 0 Å². The fourth-order valence-electron chi connectivity index (χ4n) is 4.24. The predicted octanol–water partition coefficient (Wildman–Crippen LogP) is 3.30. The summed E-state index contributed by atoms with van der Waals surface area (Å²) in [4.78, 5) is 17.0. The minimum atomic E-state index is -0.00269. The molecule has 1 aliphatic heterocycles. The number of rotatable bonds is 3. The molecule has 1 aliphatic carbocycles. The first-order valence-corrected chi connectivity index (χ1v) is 9.82. The maximum Gasteiger partial charge on any atom is 0.317 e. The Balaban J connectivity index is 1.29. The number of hydrogen-bond donors (Lipinski definition) is 1. The molecule has 0 bridgehead atoms. The lowest BCUT2D eigenvalue weighted by Gasteiger charge is -2.40. The molecule has 6 heteroatoms. The zero-order chi connectivity index (χ0) is 17.9. The lowest BCUT2D eigenvalue weighted by Crippen LogP contribution is -2.54. The van der Waals surface area contributed by atoms with Crippen LogP contribution in [0.2, 0.25) is 0 Å². The average molecular weight is 356 g/mol. The van der Waals surface area contributed by atoms with Gasteiger partial charge in [0.15, 0.2) is 5.58 Å². The van der Waals surface area contributed by atoms with Gasteiger partial charge in [-0.3, -0.25) is 4.90 Å². The van der Waals surface area contributed by atoms with Crippen LogP contribution in [0.1, 0.15) is 43.4 Å². The van der Waals surface area contributed by atoms with Gasteiger partial charge in [-0.2, -0.15) is 0 Å². The number of amides is 2. The van der Waals surface area contributed by atoms with Crippen LogP contribution < -0.4 is 5.32 Å². The number of nitrogens with zero attached hydrogens (tertiary/aromatic N) is 3. The average Bonchev–Trinajstić information content (AvgIpc) is 3.09. The number of piperazine rings is 1. The summed E-state index contributed by atoms with van der Waals surface area (Å²) in [5.41, 5.74) is 2.71. The predicted molar refractivity (Wildman–Crippen MR) is 101 cm³/mol. The molecule has 6 nitrogen and oxygen atoms in total. The molecule has 0 unspecified atom stereocenters. The Morgan fingerprint density at radius 3 is 2.73 bits per heavy atom. The van der Waals surface area contributed by atoms with Crippen LogP contribution in [0.15, 0.2) is 22.7 Å². The molecule has 2 aliphatic rings. The second-order valence-corrected chi connectivity index (χ2v) is 7.60. The molecule has 1 saturated carbocycles. The summed E-state index contributed by atoms with van der Waals surface area (Å²) >= 11 is 0. The van der Waals surface area contributed by atoms with E-state index in [1.54, 1.807) is 0 Å². The van der Waals surface area contributed by atoms with Gasteiger partial charge in [0.2, 0.25) is 0 Å². The van der Waals surface area contributed by atoms with Crippen molar-refractivity contribution < 1.29 is 9.32 Å². The van der Waals surface area contributed by atoms with Gasteiger partial charge in [0.05, 0.1) is 6.54 Å². The standard InChI is InChI=1S/C20H28N4O2/c1-15-7-8-19-17(13-15)18(22-26-19)14-21-20(25)24-11-9-23(10-12-24)16-5-3-2-4-6-16/h7-8,13,16H,2-6,9-12,14H2,1H3,(H,21,25). The van der Waals surface area contributed by atoms with Gasteiger partial charge in [-0.25, -0.2) is 4.79 Å². The van der Waals surface area contributed by atoms with E-state index < -0.39 is 0 Å². The summed E-state index contributed by atoms with van der Waals surface area (Å²) in [6, 6.07) is 6.71. The molecule has 2 heterocycles. The number of aryl methyl sites for hydroxylation is 1. The Hall–Kier alpha value is -2.08. The molecule has 1 aromatic heterocycles. The van der Waals surface area contributed by atoms with Gasteiger partial charge in [0, 0.05) is 37.6 Å². The molecule has 2 fully saturated rings. The molecule has 0 radical (unpaired) electrons. The molecule has 4 rings (SSSR count). The van der Waals surface area contributed by atoms with Crippen molar-refractivity contribution in [1.82, 2.24) is 20.3 Å². The van der Waals surface area contributed by atoms with Gasteiger partial charge in [0.1, 0.15) is 5.69 Å². The van der Waals surface area contributed by atoms with Crippen molar-refractivity contribution in [3.8, 4) is 0 Å². The number of urea groups is 1. The minimum Gasteiger partial charge on any atom is -0.356 e. The third-order valence-corrected chi connectivity index (χ3v) is 5.80. The summed E-state index contributed by atoms with van der Waals surface area (Å²) in [6.07, 6.45) is 6.75. The van der Waals surface area contributed by atoms with Crippen LogP contribution in [-0.4, -0.2) is 53.2 Å². The number of carbonyl (C=O) groups is 1. The van der Waals surface area contributed by atoms with Gasteiger partial charge >= 0.3 is 6.03 Å². The molecule has 2 aromatic rings. The van der Waals surface area contributed by atoms with Crippen LogP contribution in [-0.2, 0) is 6.54 Å². The van der Waals surface area contributed by atoms with E-state index in [9.17, 15) is 4.79 Å². The van der Waals surface area contributed by atoms with Crippen molar-refractivity contribution in [2.24, 2.45) is 0 Å². The van der Waals surface area contributed by atoms with E-state index in [-0.39, 0.29) is 6.03 Å². The quantitative estimate of drug-likeness (QED) is 0.917. The highest BCUT2D eigenvalue weighted by atomic mass is 16.5. The van der Waals surface area contributed by atoms with Crippen LogP contribution in [0.5, 0.6) is 0 Å². The number of aromatic nitrogens is 1. The van der Waals surface area contributed by atoms with Crippen LogP contribution in [0.25, 0.3) is 11.0 Å². The summed E-state index contributed by atoms with van der Waals surface area (Å²) in [5.74, 6) is 0. The first kappa shape index (κ1) is 17.3. The first-order valence-electron chi connectivity index (χ1n) is 9.82. The molecule has 26 heavy (non-hydrogen) atoms. The highest BCUT2D eigenvalue weighted by Gasteiger charge is 2.27. The topological polar surface area (TPSA) is 61.6 Å². The van der Waals surface area contributed by atoms with Crippen molar-refractivity contribution in [3.63, 3.8) is 0 Å². The SMILES string of the molecule is Cc1ccc2onc(CNC(=O)N3CCN(C4CCCCC4)CC3)c2c1. The van der Waals surface area contributed by atoms with Gasteiger partial charge < -0.3 is 14.7 Å². The van der Waals surface area contributed by atoms with E-state index in [1.165, 1.54) is 32.1 Å². The van der Waals surface area contributed by atoms with E-state index in [1.807, 2.05) is 24.0 Å². The third kappa shape index (κ3) is 3.70. The highest BCUT2D eigenvalue weighted by Crippen LogP contribution is 2.23. The second kappa shape index (κ2) is 7.66. The normalized spacial score (nSPS) is 19.8. The zero-order valence-corrected chi connectivity index (χ0v) is 15.5. The Morgan fingerprint density at radius 2 is 1.96 bits per heavy atom. The van der Waals surface area contributed by atoms with E-state index in [4.69, 9.17) is 4.52 Å². The number of carbonyl (C=O) groups excluding carboxylic acids is 1. The molecule has 0 spiro atoms. The van der Waals surface area contributed by atoms with E-state index in [2.05, 4.69) is 21.4 Å². The lowest BCUT2D eigenvalue weighted by molar-refractivity contribution is 0.0905.